The molecule has 1 aliphatic heterocycles. The molecule has 0 bridgehead atoms. The number of urea groups is 1. The van der Waals surface area contributed by atoms with Crippen LogP contribution in [0.25, 0.3) is 0 Å². The summed E-state index contributed by atoms with van der Waals surface area (Å²) in [6, 6.07) is 16.1. The molecule has 2 N–H and O–H groups in total. The summed E-state index contributed by atoms with van der Waals surface area (Å²) in [7, 11) is 0. The van der Waals surface area contributed by atoms with Gasteiger partial charge in [0.2, 0.25) is 5.91 Å². The zero-order valence-corrected chi connectivity index (χ0v) is 16.4. The average Bonchev–Trinajstić information content (AvgIpc) is 2.92. The molecule has 2 aromatic rings. The first-order valence-corrected chi connectivity index (χ1v) is 9.44. The number of benzene rings is 2. The molecule has 1 aliphatic rings. The monoisotopic (exact) mass is 379 g/mol. The van der Waals surface area contributed by atoms with Crippen molar-refractivity contribution < 1.29 is 14.4 Å². The second-order valence-electron chi connectivity index (χ2n) is 7.29. The summed E-state index contributed by atoms with van der Waals surface area (Å²) >= 11 is 0. The van der Waals surface area contributed by atoms with E-state index in [-0.39, 0.29) is 6.54 Å². The van der Waals surface area contributed by atoms with Crippen LogP contribution in [0, 0.1) is 0 Å². The van der Waals surface area contributed by atoms with Crippen molar-refractivity contribution in [2.75, 3.05) is 11.9 Å². The molecule has 6 nitrogen and oxygen atoms in total. The van der Waals surface area contributed by atoms with Gasteiger partial charge in [0.05, 0.1) is 0 Å². The van der Waals surface area contributed by atoms with Crippen molar-refractivity contribution in [1.29, 1.82) is 0 Å². The van der Waals surface area contributed by atoms with Gasteiger partial charge in [0.1, 0.15) is 12.1 Å². The lowest BCUT2D eigenvalue weighted by Gasteiger charge is -2.22. The second kappa shape index (κ2) is 7.84. The Balaban J connectivity index is 1.67. The van der Waals surface area contributed by atoms with Gasteiger partial charge in [-0.3, -0.25) is 14.5 Å². The molecule has 0 aromatic heterocycles. The minimum atomic E-state index is -1.17. The number of rotatable bonds is 6. The summed E-state index contributed by atoms with van der Waals surface area (Å²) in [5, 5.41) is 5.45. The SMILES string of the molecule is CCC(C)c1ccc(NC(=O)CN2C(=O)NC(C)(c3ccccc3)C2=O)cc1. The van der Waals surface area contributed by atoms with Crippen molar-refractivity contribution in [3.63, 3.8) is 0 Å². The summed E-state index contributed by atoms with van der Waals surface area (Å²) in [6.07, 6.45) is 1.04. The lowest BCUT2D eigenvalue weighted by molar-refractivity contribution is -0.133. The Morgan fingerprint density at radius 3 is 2.36 bits per heavy atom. The fraction of sp³-hybridized carbons (Fsp3) is 0.318. The van der Waals surface area contributed by atoms with Gasteiger partial charge in [-0.1, -0.05) is 56.3 Å². The predicted molar refractivity (Wildman–Crippen MR) is 108 cm³/mol. The van der Waals surface area contributed by atoms with E-state index in [1.54, 1.807) is 31.2 Å². The number of anilines is 1. The van der Waals surface area contributed by atoms with Crippen LogP contribution in [-0.2, 0) is 15.1 Å². The van der Waals surface area contributed by atoms with E-state index in [0.29, 0.717) is 17.2 Å². The number of nitrogens with one attached hydrogen (secondary N) is 2. The summed E-state index contributed by atoms with van der Waals surface area (Å²) in [4.78, 5) is 38.5. The third-order valence-electron chi connectivity index (χ3n) is 5.30. The highest BCUT2D eigenvalue weighted by atomic mass is 16.2. The average molecular weight is 379 g/mol. The highest BCUT2D eigenvalue weighted by molar-refractivity contribution is 6.10. The lowest BCUT2D eigenvalue weighted by Crippen LogP contribution is -2.42. The topological polar surface area (TPSA) is 78.5 Å². The third kappa shape index (κ3) is 3.76. The fourth-order valence-electron chi connectivity index (χ4n) is 3.28. The molecule has 4 amide bonds. The lowest BCUT2D eigenvalue weighted by atomic mass is 9.92. The quantitative estimate of drug-likeness (QED) is 0.753. The smallest absolute Gasteiger partial charge is 0.325 e. The van der Waals surface area contributed by atoms with Crippen LogP contribution in [-0.4, -0.2) is 29.3 Å². The zero-order chi connectivity index (χ0) is 20.3. The molecule has 1 heterocycles. The Morgan fingerprint density at radius 1 is 1.11 bits per heavy atom. The normalized spacial score (nSPS) is 20.0. The van der Waals surface area contributed by atoms with Crippen molar-refractivity contribution in [3.05, 3.63) is 65.7 Å². The van der Waals surface area contributed by atoms with Gasteiger partial charge in [-0.05, 0) is 42.5 Å². The number of amides is 4. The number of imide groups is 1. The highest BCUT2D eigenvalue weighted by Crippen LogP contribution is 2.28. The van der Waals surface area contributed by atoms with Gasteiger partial charge in [0.25, 0.3) is 5.91 Å². The molecule has 0 radical (unpaired) electrons. The largest absolute Gasteiger partial charge is 0.325 e. The minimum Gasteiger partial charge on any atom is -0.325 e. The van der Waals surface area contributed by atoms with Crippen molar-refractivity contribution >= 4 is 23.5 Å². The van der Waals surface area contributed by atoms with Crippen LogP contribution in [0.4, 0.5) is 10.5 Å². The maximum atomic E-state index is 12.8. The molecule has 28 heavy (non-hydrogen) atoms. The number of hydrogen-bond donors (Lipinski definition) is 2. The van der Waals surface area contributed by atoms with Crippen LogP contribution in [0.1, 0.15) is 44.2 Å². The van der Waals surface area contributed by atoms with Gasteiger partial charge in [0.15, 0.2) is 0 Å². The molecule has 146 valence electrons. The van der Waals surface area contributed by atoms with Gasteiger partial charge in [0, 0.05) is 5.69 Å². The van der Waals surface area contributed by atoms with Gasteiger partial charge < -0.3 is 10.6 Å². The number of carbonyl (C=O) groups is 3. The summed E-state index contributed by atoms with van der Waals surface area (Å²) in [6.45, 7) is 5.59. The maximum absolute atomic E-state index is 12.8. The van der Waals surface area contributed by atoms with Crippen molar-refractivity contribution in [1.82, 2.24) is 10.2 Å². The van der Waals surface area contributed by atoms with Crippen LogP contribution in [0.3, 0.4) is 0 Å². The Morgan fingerprint density at radius 2 is 1.75 bits per heavy atom. The molecular weight excluding hydrogens is 354 g/mol. The van der Waals surface area contributed by atoms with E-state index in [1.807, 2.05) is 30.3 Å². The van der Waals surface area contributed by atoms with E-state index >= 15 is 0 Å². The molecule has 2 unspecified atom stereocenters. The van der Waals surface area contributed by atoms with E-state index in [1.165, 1.54) is 5.56 Å². The van der Waals surface area contributed by atoms with Crippen LogP contribution in [0.15, 0.2) is 54.6 Å². The van der Waals surface area contributed by atoms with Crippen molar-refractivity contribution in [3.8, 4) is 0 Å². The number of carbonyl (C=O) groups excluding carboxylic acids is 3. The first kappa shape index (κ1) is 19.6. The molecular formula is C22H25N3O3. The van der Waals surface area contributed by atoms with Crippen LogP contribution < -0.4 is 10.6 Å². The van der Waals surface area contributed by atoms with Crippen LogP contribution in [0.5, 0.6) is 0 Å². The summed E-state index contributed by atoms with van der Waals surface area (Å²) < 4.78 is 0. The van der Waals surface area contributed by atoms with E-state index in [9.17, 15) is 14.4 Å². The van der Waals surface area contributed by atoms with E-state index in [2.05, 4.69) is 24.5 Å². The molecule has 6 heteroatoms. The predicted octanol–water partition coefficient (Wildman–Crippen LogP) is 3.61. The summed E-state index contributed by atoms with van der Waals surface area (Å²) in [5.74, 6) is -0.408. The Hall–Kier alpha value is -3.15. The van der Waals surface area contributed by atoms with Gasteiger partial charge in [-0.15, -0.1) is 0 Å². The Labute approximate surface area is 164 Å². The molecule has 2 atom stereocenters. The van der Waals surface area contributed by atoms with Crippen molar-refractivity contribution in [2.45, 2.75) is 38.6 Å². The molecule has 3 rings (SSSR count). The first-order valence-electron chi connectivity index (χ1n) is 9.44. The number of nitrogens with zero attached hydrogens (tertiary/aromatic N) is 1. The second-order valence-corrected chi connectivity index (χ2v) is 7.29. The Bertz CT molecular complexity index is 880. The van der Waals surface area contributed by atoms with E-state index in [4.69, 9.17) is 0 Å². The molecule has 1 saturated heterocycles. The number of hydrogen-bond acceptors (Lipinski definition) is 3. The van der Waals surface area contributed by atoms with Crippen LogP contribution >= 0.6 is 0 Å². The van der Waals surface area contributed by atoms with Gasteiger partial charge in [-0.2, -0.15) is 0 Å². The van der Waals surface area contributed by atoms with E-state index in [0.717, 1.165) is 11.3 Å². The molecule has 1 fully saturated rings. The minimum absolute atomic E-state index is 0.333. The van der Waals surface area contributed by atoms with Crippen molar-refractivity contribution in [2.24, 2.45) is 0 Å². The summed E-state index contributed by atoms with van der Waals surface area (Å²) in [5.41, 5.74) is 1.34. The van der Waals surface area contributed by atoms with E-state index < -0.39 is 23.4 Å². The zero-order valence-electron chi connectivity index (χ0n) is 16.4. The maximum Gasteiger partial charge on any atom is 0.325 e. The highest BCUT2D eigenvalue weighted by Gasteiger charge is 2.49. The first-order chi connectivity index (χ1) is 13.3. The fourth-order valence-corrected chi connectivity index (χ4v) is 3.28. The molecule has 2 aromatic carbocycles. The third-order valence-corrected chi connectivity index (χ3v) is 5.30. The van der Waals surface area contributed by atoms with Gasteiger partial charge >= 0.3 is 6.03 Å². The Kier molecular flexibility index (Phi) is 5.49. The standard InChI is InChI=1S/C22H25N3O3/c1-4-15(2)16-10-12-18(13-11-16)23-19(26)14-25-20(27)22(3,24-21(25)28)17-8-6-5-7-9-17/h5-13,15H,4,14H2,1-3H3,(H,23,26)(H,24,28). The molecule has 0 aliphatic carbocycles. The van der Waals surface area contributed by atoms with Crippen LogP contribution in [0.2, 0.25) is 0 Å². The van der Waals surface area contributed by atoms with Gasteiger partial charge in [-0.25, -0.2) is 4.79 Å². The molecule has 0 saturated carbocycles. The molecule has 0 spiro atoms.